The fourth-order valence-electron chi connectivity index (χ4n) is 5.37. The number of benzene rings is 2. The molecule has 1 fully saturated rings. The van der Waals surface area contributed by atoms with E-state index in [0.717, 1.165) is 17.2 Å². The number of sulfone groups is 1. The second-order valence-corrected chi connectivity index (χ2v) is 14.8. The van der Waals surface area contributed by atoms with Gasteiger partial charge in [-0.25, -0.2) is 18.2 Å². The summed E-state index contributed by atoms with van der Waals surface area (Å²) in [5, 5.41) is 6.06. The van der Waals surface area contributed by atoms with E-state index in [1.54, 1.807) is 31.7 Å². The number of nitrogens with zero attached hydrogens (tertiary/aromatic N) is 3. The summed E-state index contributed by atoms with van der Waals surface area (Å²) in [4.78, 5) is 32.3. The Morgan fingerprint density at radius 2 is 1.88 bits per heavy atom. The van der Waals surface area contributed by atoms with Crippen LogP contribution >= 0.6 is 0 Å². The van der Waals surface area contributed by atoms with Crippen molar-refractivity contribution in [2.75, 3.05) is 38.3 Å². The van der Waals surface area contributed by atoms with E-state index in [1.165, 1.54) is 31.4 Å². The van der Waals surface area contributed by atoms with E-state index in [1.807, 2.05) is 6.92 Å². The highest BCUT2D eigenvalue weighted by atomic mass is 32.2. The minimum absolute atomic E-state index is 0.0731. The van der Waals surface area contributed by atoms with Crippen molar-refractivity contribution in [1.29, 1.82) is 0 Å². The third kappa shape index (κ3) is 9.56. The number of halogens is 3. The molecule has 2 heterocycles. The maximum Gasteiger partial charge on any atom is 0.410 e. The standard InChI is InChI=1S/C33H40F3N5O6S/c1-21-18-40(31(43)47-32(2,3)4)14-8-10-25(21)39-30(42)24-15-22(16-27-29(24)38-20-41(27)19-33(34,35)36)9-7-13-37-26-12-11-23(48(6,44)45)17-28(26)46-5/h11-12,15-17,20-21,25,37H,8,10,13-14,18-19H2,1-6H3,(H,39,42). The molecule has 4 rings (SSSR count). The van der Waals surface area contributed by atoms with Crippen molar-refractivity contribution in [2.45, 2.75) is 69.8 Å². The Labute approximate surface area is 278 Å². The molecule has 1 aromatic heterocycles. The average molecular weight is 692 g/mol. The number of carbonyl (C=O) groups excluding carboxylic acids is 2. The third-order valence-electron chi connectivity index (χ3n) is 7.63. The number of anilines is 1. The fraction of sp³-hybridized carbons (Fsp3) is 0.485. The van der Waals surface area contributed by atoms with Crippen LogP contribution in [-0.4, -0.2) is 85.7 Å². The lowest BCUT2D eigenvalue weighted by molar-refractivity contribution is -0.140. The lowest BCUT2D eigenvalue weighted by Gasteiger charge is -2.29. The Bertz CT molecular complexity index is 1840. The zero-order valence-corrected chi connectivity index (χ0v) is 28.5. The summed E-state index contributed by atoms with van der Waals surface area (Å²) in [6.45, 7) is 6.88. The molecule has 1 aliphatic rings. The Hall–Kier alpha value is -4.45. The zero-order chi connectivity index (χ0) is 35.4. The average Bonchev–Trinajstić information content (AvgIpc) is 3.26. The van der Waals surface area contributed by atoms with Crippen LogP contribution < -0.4 is 15.4 Å². The van der Waals surface area contributed by atoms with Gasteiger partial charge in [-0.05, 0) is 63.8 Å². The molecule has 260 valence electrons. The maximum absolute atomic E-state index is 13.7. The first-order valence-corrected chi connectivity index (χ1v) is 17.2. The van der Waals surface area contributed by atoms with Crippen molar-refractivity contribution >= 4 is 38.6 Å². The van der Waals surface area contributed by atoms with Crippen molar-refractivity contribution in [3.8, 4) is 17.6 Å². The number of hydrogen-bond acceptors (Lipinski definition) is 8. The maximum atomic E-state index is 13.7. The molecule has 2 aromatic carbocycles. The van der Waals surface area contributed by atoms with Gasteiger partial charge in [-0.2, -0.15) is 13.2 Å². The summed E-state index contributed by atoms with van der Waals surface area (Å²) in [6, 6.07) is 6.98. The SMILES string of the molecule is COc1cc(S(C)(=O)=O)ccc1NCC#Cc1cc(C(=O)NC2CCCN(C(=O)OC(C)(C)C)CC2C)c2ncn(CC(F)(F)F)c2c1. The molecule has 0 bridgehead atoms. The zero-order valence-electron chi connectivity index (χ0n) is 27.7. The van der Waals surface area contributed by atoms with E-state index in [2.05, 4.69) is 27.5 Å². The molecule has 2 N–H and O–H groups in total. The molecule has 1 saturated heterocycles. The van der Waals surface area contributed by atoms with E-state index in [9.17, 15) is 31.2 Å². The normalized spacial score (nSPS) is 17.2. The summed E-state index contributed by atoms with van der Waals surface area (Å²) in [6.07, 6.45) is -1.62. The number of carbonyl (C=O) groups is 2. The van der Waals surface area contributed by atoms with Crippen LogP contribution in [0.4, 0.5) is 23.7 Å². The Balaban J connectivity index is 1.58. The van der Waals surface area contributed by atoms with Crippen LogP contribution in [0.3, 0.4) is 0 Å². The van der Waals surface area contributed by atoms with Crippen molar-refractivity contribution in [2.24, 2.45) is 5.92 Å². The van der Waals surface area contributed by atoms with Gasteiger partial charge in [0.1, 0.15) is 23.4 Å². The summed E-state index contributed by atoms with van der Waals surface area (Å²) >= 11 is 0. The number of hydrogen-bond donors (Lipinski definition) is 2. The van der Waals surface area contributed by atoms with Gasteiger partial charge in [0.05, 0.1) is 41.6 Å². The molecule has 0 spiro atoms. The predicted octanol–water partition coefficient (Wildman–Crippen LogP) is 5.24. The number of aromatic nitrogens is 2. The van der Waals surface area contributed by atoms with E-state index in [4.69, 9.17) is 9.47 Å². The Morgan fingerprint density at radius 3 is 2.52 bits per heavy atom. The van der Waals surface area contributed by atoms with Gasteiger partial charge < -0.3 is 29.6 Å². The number of alkyl halides is 3. The molecule has 3 aromatic rings. The molecule has 2 amide bonds. The molecule has 2 atom stereocenters. The van der Waals surface area contributed by atoms with Gasteiger partial charge in [0.15, 0.2) is 9.84 Å². The fourth-order valence-corrected chi connectivity index (χ4v) is 6.00. The number of rotatable bonds is 7. The molecule has 11 nitrogen and oxygen atoms in total. The number of ether oxygens (including phenoxy) is 2. The first kappa shape index (κ1) is 36.4. The van der Waals surface area contributed by atoms with Gasteiger partial charge in [0.25, 0.3) is 5.91 Å². The van der Waals surface area contributed by atoms with E-state index < -0.39 is 40.2 Å². The second kappa shape index (κ2) is 14.3. The van der Waals surface area contributed by atoms with Crippen LogP contribution in [-0.2, 0) is 21.1 Å². The van der Waals surface area contributed by atoms with Crippen molar-refractivity contribution in [3.63, 3.8) is 0 Å². The second-order valence-electron chi connectivity index (χ2n) is 12.8. The number of fused-ring (bicyclic) bond motifs is 1. The van der Waals surface area contributed by atoms with Gasteiger partial charge in [-0.1, -0.05) is 18.8 Å². The molecule has 0 saturated carbocycles. The molecule has 1 aliphatic heterocycles. The molecule has 48 heavy (non-hydrogen) atoms. The van der Waals surface area contributed by atoms with E-state index in [-0.39, 0.29) is 45.7 Å². The van der Waals surface area contributed by atoms with Gasteiger partial charge >= 0.3 is 12.3 Å². The number of nitrogens with one attached hydrogen (secondary N) is 2. The van der Waals surface area contributed by atoms with Crippen molar-refractivity contribution in [1.82, 2.24) is 19.8 Å². The van der Waals surface area contributed by atoms with Gasteiger partial charge in [0.2, 0.25) is 0 Å². The van der Waals surface area contributed by atoms with Crippen LogP contribution in [0, 0.1) is 17.8 Å². The molecular formula is C33H40F3N5O6S. The Morgan fingerprint density at radius 1 is 1.15 bits per heavy atom. The van der Waals surface area contributed by atoms with Crippen molar-refractivity contribution < 1.29 is 40.7 Å². The van der Waals surface area contributed by atoms with Crippen LogP contribution in [0.15, 0.2) is 41.6 Å². The minimum atomic E-state index is -4.52. The first-order valence-electron chi connectivity index (χ1n) is 15.3. The minimum Gasteiger partial charge on any atom is -0.495 e. The quantitative estimate of drug-likeness (QED) is 0.322. The van der Waals surface area contributed by atoms with Crippen LogP contribution in [0.5, 0.6) is 5.75 Å². The smallest absolute Gasteiger partial charge is 0.410 e. The Kier molecular flexibility index (Phi) is 10.9. The highest BCUT2D eigenvalue weighted by Crippen LogP contribution is 2.28. The summed E-state index contributed by atoms with van der Waals surface area (Å²) < 4.78 is 75.7. The third-order valence-corrected chi connectivity index (χ3v) is 8.74. The highest BCUT2D eigenvalue weighted by molar-refractivity contribution is 7.90. The molecule has 15 heteroatoms. The topological polar surface area (TPSA) is 132 Å². The molecular weight excluding hydrogens is 651 g/mol. The predicted molar refractivity (Wildman–Crippen MR) is 175 cm³/mol. The number of imidazole rings is 1. The summed E-state index contributed by atoms with van der Waals surface area (Å²) in [7, 11) is -2.05. The molecule has 0 aliphatic carbocycles. The van der Waals surface area contributed by atoms with Crippen molar-refractivity contribution in [3.05, 3.63) is 47.8 Å². The number of amides is 2. The lowest BCUT2D eigenvalue weighted by Crippen LogP contribution is -2.43. The molecule has 0 radical (unpaired) electrons. The summed E-state index contributed by atoms with van der Waals surface area (Å²) in [5.74, 6) is 5.44. The van der Waals surface area contributed by atoms with Crippen LogP contribution in [0.1, 0.15) is 56.5 Å². The first-order chi connectivity index (χ1) is 22.3. The lowest BCUT2D eigenvalue weighted by atomic mass is 9.98. The van der Waals surface area contributed by atoms with Crippen LogP contribution in [0.25, 0.3) is 11.0 Å². The van der Waals surface area contributed by atoms with Gasteiger partial charge in [0, 0.05) is 37.0 Å². The van der Waals surface area contributed by atoms with E-state index in [0.29, 0.717) is 37.2 Å². The number of methoxy groups -OCH3 is 1. The van der Waals surface area contributed by atoms with Gasteiger partial charge in [-0.15, -0.1) is 0 Å². The molecule has 2 unspecified atom stereocenters. The monoisotopic (exact) mass is 691 g/mol. The van der Waals surface area contributed by atoms with Gasteiger partial charge in [-0.3, -0.25) is 4.79 Å². The largest absolute Gasteiger partial charge is 0.495 e. The van der Waals surface area contributed by atoms with E-state index >= 15 is 0 Å². The number of likely N-dealkylation sites (tertiary alicyclic amines) is 1. The summed E-state index contributed by atoms with van der Waals surface area (Å²) in [5.41, 5.74) is 0.407. The van der Waals surface area contributed by atoms with Crippen LogP contribution in [0.2, 0.25) is 0 Å². The highest BCUT2D eigenvalue weighted by Gasteiger charge is 2.32.